The molecule has 0 aromatic carbocycles. The van der Waals surface area contributed by atoms with Gasteiger partial charge in [-0.25, -0.2) is 8.42 Å². The van der Waals surface area contributed by atoms with Gasteiger partial charge in [0.25, 0.3) is 0 Å². The number of nitrogens with zero attached hydrogens (tertiary/aromatic N) is 1. The smallest absolute Gasteiger partial charge is 0.244 e. The van der Waals surface area contributed by atoms with Gasteiger partial charge in [0.1, 0.15) is 0 Å². The summed E-state index contributed by atoms with van der Waals surface area (Å²) in [5.74, 6) is 0. The van der Waals surface area contributed by atoms with Crippen molar-refractivity contribution in [2.45, 2.75) is 24.8 Å². The Morgan fingerprint density at radius 1 is 1.59 bits per heavy atom. The molecule has 4 nitrogen and oxygen atoms in total. The molecular formula is C10H15BrN2O2S2. The summed E-state index contributed by atoms with van der Waals surface area (Å²) in [5, 5.41) is 3.24. The van der Waals surface area contributed by atoms with Gasteiger partial charge in [-0.1, -0.05) is 0 Å². The van der Waals surface area contributed by atoms with E-state index in [2.05, 4.69) is 21.2 Å². The Morgan fingerprint density at radius 3 is 2.82 bits per heavy atom. The molecule has 0 spiro atoms. The van der Waals surface area contributed by atoms with Crippen molar-refractivity contribution in [2.75, 3.05) is 19.6 Å². The van der Waals surface area contributed by atoms with Crippen LogP contribution in [-0.2, 0) is 10.0 Å². The molecule has 17 heavy (non-hydrogen) atoms. The van der Waals surface area contributed by atoms with Crippen LogP contribution in [0.25, 0.3) is 0 Å². The van der Waals surface area contributed by atoms with Gasteiger partial charge < -0.3 is 5.32 Å². The summed E-state index contributed by atoms with van der Waals surface area (Å²) in [7, 11) is -3.33. The van der Waals surface area contributed by atoms with Gasteiger partial charge >= 0.3 is 0 Å². The molecule has 0 bridgehead atoms. The number of nitrogens with one attached hydrogen (secondary N) is 1. The second kappa shape index (κ2) is 4.97. The average Bonchev–Trinajstić information content (AvgIpc) is 2.58. The zero-order valence-corrected chi connectivity index (χ0v) is 13.0. The molecule has 1 fully saturated rings. The number of hydrogen-bond acceptors (Lipinski definition) is 4. The van der Waals surface area contributed by atoms with Crippen LogP contribution in [0.1, 0.15) is 11.8 Å². The first kappa shape index (κ1) is 13.5. The van der Waals surface area contributed by atoms with E-state index in [4.69, 9.17) is 0 Å². The highest BCUT2D eigenvalue weighted by Gasteiger charge is 2.30. The largest absolute Gasteiger partial charge is 0.312 e. The quantitative estimate of drug-likeness (QED) is 0.894. The number of piperazine rings is 1. The molecule has 1 aliphatic rings. The monoisotopic (exact) mass is 338 g/mol. The Bertz CT molecular complexity index is 512. The van der Waals surface area contributed by atoms with Crippen LogP contribution in [-0.4, -0.2) is 38.4 Å². The van der Waals surface area contributed by atoms with E-state index >= 15 is 0 Å². The van der Waals surface area contributed by atoms with Crippen LogP contribution in [0, 0.1) is 6.92 Å². The van der Waals surface area contributed by atoms with Gasteiger partial charge in [0, 0.05) is 30.6 Å². The minimum atomic E-state index is -3.33. The Morgan fingerprint density at radius 2 is 2.29 bits per heavy atom. The predicted molar refractivity (Wildman–Crippen MR) is 73.0 cm³/mol. The lowest BCUT2D eigenvalue weighted by molar-refractivity contribution is 0.310. The first-order valence-electron chi connectivity index (χ1n) is 5.40. The third-order valence-corrected chi connectivity index (χ3v) is 6.47. The van der Waals surface area contributed by atoms with Crippen LogP contribution in [0.2, 0.25) is 0 Å². The molecule has 0 saturated carbocycles. The maximum Gasteiger partial charge on any atom is 0.244 e. The highest BCUT2D eigenvalue weighted by atomic mass is 79.9. The fourth-order valence-corrected chi connectivity index (χ4v) is 5.85. The highest BCUT2D eigenvalue weighted by molar-refractivity contribution is 9.11. The SMILES string of the molecule is Cc1sc(Br)cc1S(=O)(=O)N1CCN[C@H](C)C1. The van der Waals surface area contributed by atoms with Gasteiger partial charge in [0.2, 0.25) is 10.0 Å². The summed E-state index contributed by atoms with van der Waals surface area (Å²) in [6.45, 7) is 5.63. The van der Waals surface area contributed by atoms with Gasteiger partial charge in [-0.15, -0.1) is 11.3 Å². The summed E-state index contributed by atoms with van der Waals surface area (Å²) in [5.41, 5.74) is 0. The van der Waals surface area contributed by atoms with Crippen LogP contribution in [0.5, 0.6) is 0 Å². The molecule has 7 heteroatoms. The predicted octanol–water partition coefficient (Wildman–Crippen LogP) is 1.80. The molecule has 1 saturated heterocycles. The molecular weight excluding hydrogens is 324 g/mol. The Labute approximate surface area is 114 Å². The number of halogens is 1. The fraction of sp³-hybridized carbons (Fsp3) is 0.600. The zero-order valence-electron chi connectivity index (χ0n) is 9.73. The lowest BCUT2D eigenvalue weighted by atomic mass is 10.3. The van der Waals surface area contributed by atoms with Gasteiger partial charge in [-0.05, 0) is 35.8 Å². The van der Waals surface area contributed by atoms with Crippen molar-refractivity contribution < 1.29 is 8.42 Å². The van der Waals surface area contributed by atoms with Crippen LogP contribution in [0.15, 0.2) is 14.7 Å². The van der Waals surface area contributed by atoms with E-state index in [0.29, 0.717) is 24.5 Å². The number of sulfonamides is 1. The highest BCUT2D eigenvalue weighted by Crippen LogP contribution is 2.31. The molecule has 1 aromatic heterocycles. The van der Waals surface area contributed by atoms with Crippen molar-refractivity contribution in [3.05, 3.63) is 14.7 Å². The number of thiophene rings is 1. The van der Waals surface area contributed by atoms with Crippen LogP contribution in [0.3, 0.4) is 0 Å². The molecule has 0 unspecified atom stereocenters. The Hall–Kier alpha value is 0.0500. The Balaban J connectivity index is 2.33. The van der Waals surface area contributed by atoms with Crippen molar-refractivity contribution in [3.8, 4) is 0 Å². The second-order valence-electron chi connectivity index (χ2n) is 4.19. The van der Waals surface area contributed by atoms with Crippen LogP contribution in [0.4, 0.5) is 0 Å². The van der Waals surface area contributed by atoms with E-state index in [0.717, 1.165) is 8.66 Å². The van der Waals surface area contributed by atoms with E-state index in [1.807, 2.05) is 13.8 Å². The van der Waals surface area contributed by atoms with Gasteiger partial charge in [-0.3, -0.25) is 0 Å². The molecule has 1 aromatic rings. The van der Waals surface area contributed by atoms with Crippen molar-refractivity contribution >= 4 is 37.3 Å². The molecule has 0 aliphatic carbocycles. The van der Waals surface area contributed by atoms with E-state index in [-0.39, 0.29) is 6.04 Å². The van der Waals surface area contributed by atoms with Crippen molar-refractivity contribution in [2.24, 2.45) is 0 Å². The normalized spacial score (nSPS) is 22.9. The minimum Gasteiger partial charge on any atom is -0.312 e. The lowest BCUT2D eigenvalue weighted by Crippen LogP contribution is -2.51. The fourth-order valence-electron chi connectivity index (χ4n) is 1.94. The number of rotatable bonds is 2. The Kier molecular flexibility index (Phi) is 3.94. The molecule has 96 valence electrons. The maximum atomic E-state index is 12.5. The summed E-state index contributed by atoms with van der Waals surface area (Å²) >= 11 is 4.79. The van der Waals surface area contributed by atoms with E-state index in [9.17, 15) is 8.42 Å². The topological polar surface area (TPSA) is 49.4 Å². The molecule has 2 rings (SSSR count). The molecule has 2 heterocycles. The van der Waals surface area contributed by atoms with Gasteiger partial charge in [-0.2, -0.15) is 4.31 Å². The van der Waals surface area contributed by atoms with E-state index in [1.54, 1.807) is 10.4 Å². The van der Waals surface area contributed by atoms with E-state index in [1.165, 1.54) is 11.3 Å². The number of hydrogen-bond donors (Lipinski definition) is 1. The first-order valence-corrected chi connectivity index (χ1v) is 8.45. The van der Waals surface area contributed by atoms with Crippen molar-refractivity contribution in [1.29, 1.82) is 0 Å². The second-order valence-corrected chi connectivity index (χ2v) is 8.73. The van der Waals surface area contributed by atoms with E-state index < -0.39 is 10.0 Å². The van der Waals surface area contributed by atoms with Crippen molar-refractivity contribution in [1.82, 2.24) is 9.62 Å². The molecule has 0 radical (unpaired) electrons. The standard InChI is InChI=1S/C10H15BrN2O2S2/c1-7-6-13(4-3-12-7)17(14,15)9-5-10(11)16-8(9)2/h5,7,12H,3-4,6H2,1-2H3/t7-/m1/s1. The summed E-state index contributed by atoms with van der Waals surface area (Å²) in [6, 6.07) is 1.91. The summed E-state index contributed by atoms with van der Waals surface area (Å²) in [6.07, 6.45) is 0. The third-order valence-electron chi connectivity index (χ3n) is 2.79. The summed E-state index contributed by atoms with van der Waals surface area (Å²) in [4.78, 5) is 1.27. The molecule has 1 aliphatic heterocycles. The summed E-state index contributed by atoms with van der Waals surface area (Å²) < 4.78 is 27.3. The molecule has 1 atom stereocenters. The van der Waals surface area contributed by atoms with Crippen LogP contribution >= 0.6 is 27.3 Å². The third kappa shape index (κ3) is 2.73. The zero-order chi connectivity index (χ0) is 12.6. The first-order chi connectivity index (χ1) is 7.91. The number of aryl methyl sites for hydroxylation is 1. The lowest BCUT2D eigenvalue weighted by Gasteiger charge is -2.30. The average molecular weight is 339 g/mol. The van der Waals surface area contributed by atoms with Crippen molar-refractivity contribution in [3.63, 3.8) is 0 Å². The minimum absolute atomic E-state index is 0.209. The molecule has 1 N–H and O–H groups in total. The van der Waals surface area contributed by atoms with Crippen LogP contribution < -0.4 is 5.32 Å². The van der Waals surface area contributed by atoms with Gasteiger partial charge in [0.15, 0.2) is 0 Å². The molecule has 0 amide bonds. The van der Waals surface area contributed by atoms with Gasteiger partial charge in [0.05, 0.1) is 8.68 Å². The maximum absolute atomic E-state index is 12.5.